The quantitative estimate of drug-likeness (QED) is 0.624. The largest absolute Gasteiger partial charge is 0.480 e. The Kier molecular flexibility index (Phi) is 2.53. The first-order valence-corrected chi connectivity index (χ1v) is 3.34. The van der Waals surface area contributed by atoms with E-state index in [1.165, 1.54) is 12.4 Å². The summed E-state index contributed by atoms with van der Waals surface area (Å²) in [6, 6.07) is 0. The van der Waals surface area contributed by atoms with E-state index < -0.39 is 17.9 Å². The molecule has 2 N–H and O–H groups in total. The Balaban J connectivity index is 3.03. The fourth-order valence-electron chi connectivity index (χ4n) is 0.818. The third-order valence-electron chi connectivity index (χ3n) is 1.37. The van der Waals surface area contributed by atoms with Gasteiger partial charge in [0.25, 0.3) is 0 Å². The van der Waals surface area contributed by atoms with Gasteiger partial charge in [-0.2, -0.15) is 0 Å². The molecule has 1 aromatic heterocycles. The normalized spacial score (nSPS) is 9.92. The summed E-state index contributed by atoms with van der Waals surface area (Å²) in [5, 5.41) is 17.1. The van der Waals surface area contributed by atoms with Gasteiger partial charge in [-0.05, 0) is 0 Å². The van der Waals surface area contributed by atoms with Gasteiger partial charge in [0.15, 0.2) is 5.92 Å². The molecule has 6 heteroatoms. The first kappa shape index (κ1) is 9.11. The maximum atomic E-state index is 10.5. The molecule has 0 aliphatic heterocycles. The lowest BCUT2D eigenvalue weighted by molar-refractivity contribution is -0.150. The Morgan fingerprint density at radius 1 is 1.23 bits per heavy atom. The molecule has 0 radical (unpaired) electrons. The second-order valence-electron chi connectivity index (χ2n) is 2.24. The van der Waals surface area contributed by atoms with Crippen LogP contribution < -0.4 is 0 Å². The number of rotatable bonds is 3. The summed E-state index contributed by atoms with van der Waals surface area (Å²) in [5.74, 6) is -4.55. The SMILES string of the molecule is O=C(O)C(C(=O)O)c1cnccn1. The van der Waals surface area contributed by atoms with E-state index in [2.05, 4.69) is 9.97 Å². The molecule has 0 bridgehead atoms. The van der Waals surface area contributed by atoms with Crippen molar-refractivity contribution in [3.8, 4) is 0 Å². The van der Waals surface area contributed by atoms with Crippen molar-refractivity contribution in [2.24, 2.45) is 0 Å². The first-order chi connectivity index (χ1) is 6.13. The number of hydrogen-bond donors (Lipinski definition) is 2. The lowest BCUT2D eigenvalue weighted by atomic mass is 10.1. The molecule has 13 heavy (non-hydrogen) atoms. The number of nitrogens with zero attached hydrogens (tertiary/aromatic N) is 2. The molecule has 0 aliphatic carbocycles. The number of carboxylic acid groups (broad SMARTS) is 2. The topological polar surface area (TPSA) is 100 Å². The van der Waals surface area contributed by atoms with Gasteiger partial charge in [-0.1, -0.05) is 0 Å². The average molecular weight is 182 g/mol. The molecule has 68 valence electrons. The summed E-state index contributed by atoms with van der Waals surface area (Å²) in [5.41, 5.74) is -0.0810. The molecule has 0 fully saturated rings. The van der Waals surface area contributed by atoms with Crippen LogP contribution in [0, 0.1) is 0 Å². The fourth-order valence-corrected chi connectivity index (χ4v) is 0.818. The highest BCUT2D eigenvalue weighted by Crippen LogP contribution is 2.11. The second kappa shape index (κ2) is 3.61. The molecule has 1 aromatic rings. The van der Waals surface area contributed by atoms with E-state index in [0.29, 0.717) is 0 Å². The summed E-state index contributed by atoms with van der Waals surface area (Å²) >= 11 is 0. The van der Waals surface area contributed by atoms with Gasteiger partial charge in [0.1, 0.15) is 0 Å². The number of hydrogen-bond acceptors (Lipinski definition) is 4. The molecule has 0 saturated heterocycles. The van der Waals surface area contributed by atoms with Crippen molar-refractivity contribution in [2.45, 2.75) is 5.92 Å². The van der Waals surface area contributed by atoms with Crippen molar-refractivity contribution in [1.82, 2.24) is 9.97 Å². The van der Waals surface area contributed by atoms with Crippen molar-refractivity contribution in [2.75, 3.05) is 0 Å². The molecule has 1 heterocycles. The maximum absolute atomic E-state index is 10.5. The Morgan fingerprint density at radius 2 is 1.85 bits per heavy atom. The van der Waals surface area contributed by atoms with Crippen LogP contribution in [0.2, 0.25) is 0 Å². The van der Waals surface area contributed by atoms with Crippen LogP contribution >= 0.6 is 0 Å². The zero-order valence-corrected chi connectivity index (χ0v) is 6.41. The molecule has 0 atom stereocenters. The standard InChI is InChI=1S/C7H6N2O4/c10-6(11)5(7(12)13)4-3-8-1-2-9-4/h1-3,5H,(H,10,11)(H,12,13). The molecule has 0 aliphatic rings. The van der Waals surface area contributed by atoms with Gasteiger partial charge >= 0.3 is 11.9 Å². The summed E-state index contributed by atoms with van der Waals surface area (Å²) in [7, 11) is 0. The highest BCUT2D eigenvalue weighted by atomic mass is 16.4. The Bertz CT molecular complexity index is 311. The second-order valence-corrected chi connectivity index (χ2v) is 2.24. The summed E-state index contributed by atoms with van der Waals surface area (Å²) in [4.78, 5) is 28.2. The molecule has 0 amide bonds. The van der Waals surface area contributed by atoms with E-state index in [9.17, 15) is 9.59 Å². The van der Waals surface area contributed by atoms with E-state index in [-0.39, 0.29) is 5.69 Å². The zero-order valence-electron chi connectivity index (χ0n) is 6.41. The van der Waals surface area contributed by atoms with Gasteiger partial charge in [-0.25, -0.2) is 0 Å². The molecular weight excluding hydrogens is 176 g/mol. The van der Waals surface area contributed by atoms with Crippen LogP contribution in [0.5, 0.6) is 0 Å². The predicted molar refractivity (Wildman–Crippen MR) is 40.0 cm³/mol. The van der Waals surface area contributed by atoms with E-state index in [1.807, 2.05) is 0 Å². The predicted octanol–water partition coefficient (Wildman–Crippen LogP) is -0.271. The molecule has 0 unspecified atom stereocenters. The Labute approximate surface area is 72.9 Å². The highest BCUT2D eigenvalue weighted by Gasteiger charge is 2.29. The van der Waals surface area contributed by atoms with E-state index >= 15 is 0 Å². The van der Waals surface area contributed by atoms with Gasteiger partial charge in [0, 0.05) is 18.6 Å². The van der Waals surface area contributed by atoms with Crippen molar-refractivity contribution in [3.63, 3.8) is 0 Å². The number of carboxylic acids is 2. The molecule has 6 nitrogen and oxygen atoms in total. The van der Waals surface area contributed by atoms with Crippen LogP contribution in [0.4, 0.5) is 0 Å². The van der Waals surface area contributed by atoms with Gasteiger partial charge in [-0.15, -0.1) is 0 Å². The smallest absolute Gasteiger partial charge is 0.324 e. The van der Waals surface area contributed by atoms with Crippen LogP contribution in [-0.4, -0.2) is 32.1 Å². The maximum Gasteiger partial charge on any atom is 0.324 e. The van der Waals surface area contributed by atoms with Crippen LogP contribution in [0.15, 0.2) is 18.6 Å². The monoisotopic (exact) mass is 182 g/mol. The van der Waals surface area contributed by atoms with E-state index in [0.717, 1.165) is 6.20 Å². The Morgan fingerprint density at radius 3 is 2.23 bits per heavy atom. The summed E-state index contributed by atoms with van der Waals surface area (Å²) in [6.07, 6.45) is 3.70. The fraction of sp³-hybridized carbons (Fsp3) is 0.143. The lowest BCUT2D eigenvalue weighted by Gasteiger charge is -2.04. The van der Waals surface area contributed by atoms with Crippen molar-refractivity contribution in [3.05, 3.63) is 24.3 Å². The summed E-state index contributed by atoms with van der Waals surface area (Å²) < 4.78 is 0. The third-order valence-corrected chi connectivity index (χ3v) is 1.37. The van der Waals surface area contributed by atoms with Crippen molar-refractivity contribution in [1.29, 1.82) is 0 Å². The van der Waals surface area contributed by atoms with Crippen LogP contribution in [0.25, 0.3) is 0 Å². The minimum absolute atomic E-state index is 0.0810. The average Bonchev–Trinajstić information content (AvgIpc) is 2.04. The van der Waals surface area contributed by atoms with Crippen LogP contribution in [0.1, 0.15) is 11.6 Å². The molecule has 0 saturated carbocycles. The van der Waals surface area contributed by atoms with Crippen molar-refractivity contribution >= 4 is 11.9 Å². The van der Waals surface area contributed by atoms with Gasteiger partial charge in [0.2, 0.25) is 0 Å². The van der Waals surface area contributed by atoms with E-state index in [4.69, 9.17) is 10.2 Å². The van der Waals surface area contributed by atoms with Crippen LogP contribution in [-0.2, 0) is 9.59 Å². The number of aromatic nitrogens is 2. The minimum Gasteiger partial charge on any atom is -0.480 e. The third kappa shape index (κ3) is 1.98. The lowest BCUT2D eigenvalue weighted by Crippen LogP contribution is -2.22. The first-order valence-electron chi connectivity index (χ1n) is 3.34. The molecule has 0 aromatic carbocycles. The Hall–Kier alpha value is -1.98. The van der Waals surface area contributed by atoms with Gasteiger partial charge in [-0.3, -0.25) is 19.6 Å². The van der Waals surface area contributed by atoms with Crippen LogP contribution in [0.3, 0.4) is 0 Å². The minimum atomic E-state index is -1.64. The highest BCUT2D eigenvalue weighted by molar-refractivity contribution is 5.98. The van der Waals surface area contributed by atoms with Gasteiger partial charge in [0.05, 0.1) is 5.69 Å². The number of carbonyl (C=O) groups is 2. The van der Waals surface area contributed by atoms with Crippen molar-refractivity contribution < 1.29 is 19.8 Å². The molecular formula is C7H6N2O4. The molecule has 0 spiro atoms. The number of aliphatic carboxylic acids is 2. The molecule has 1 rings (SSSR count). The van der Waals surface area contributed by atoms with E-state index in [1.54, 1.807) is 0 Å². The summed E-state index contributed by atoms with van der Waals surface area (Å²) in [6.45, 7) is 0. The van der Waals surface area contributed by atoms with Gasteiger partial charge < -0.3 is 10.2 Å². The zero-order chi connectivity index (χ0) is 9.84.